The smallest absolute Gasteiger partial charge is 0.119 e. The van der Waals surface area contributed by atoms with Gasteiger partial charge >= 0.3 is 0 Å². The van der Waals surface area contributed by atoms with E-state index in [1.165, 1.54) is 37.1 Å². The molecule has 4 heteroatoms. The van der Waals surface area contributed by atoms with Crippen molar-refractivity contribution in [1.29, 1.82) is 0 Å². The average Bonchev–Trinajstić information content (AvgIpc) is 2.89. The van der Waals surface area contributed by atoms with Crippen LogP contribution in [0.3, 0.4) is 0 Å². The van der Waals surface area contributed by atoms with E-state index in [4.69, 9.17) is 9.47 Å². The van der Waals surface area contributed by atoms with Crippen LogP contribution in [0.4, 0.5) is 11.4 Å². The van der Waals surface area contributed by atoms with Gasteiger partial charge in [0.2, 0.25) is 0 Å². The van der Waals surface area contributed by atoms with Gasteiger partial charge in [0, 0.05) is 29.9 Å². The number of benzene rings is 2. The number of nitrogens with one attached hydrogen (secondary N) is 2. The van der Waals surface area contributed by atoms with E-state index in [0.29, 0.717) is 25.3 Å². The van der Waals surface area contributed by atoms with Crippen LogP contribution in [0.5, 0.6) is 11.5 Å². The van der Waals surface area contributed by atoms with E-state index in [2.05, 4.69) is 101 Å². The van der Waals surface area contributed by atoms with Crippen LogP contribution in [0.2, 0.25) is 0 Å². The number of hydrogen-bond acceptors (Lipinski definition) is 4. The summed E-state index contributed by atoms with van der Waals surface area (Å²) < 4.78 is 11.8. The molecular formula is C31H50N2O2. The molecule has 2 rings (SSSR count). The fourth-order valence-corrected chi connectivity index (χ4v) is 4.17. The molecule has 0 saturated heterocycles. The van der Waals surface area contributed by atoms with Crippen LogP contribution in [0, 0.1) is 11.8 Å². The van der Waals surface area contributed by atoms with Crippen molar-refractivity contribution in [2.75, 3.05) is 23.8 Å². The molecule has 0 radical (unpaired) electrons. The number of anilines is 2. The molecule has 0 fully saturated rings. The highest BCUT2D eigenvalue weighted by molar-refractivity contribution is 5.48. The second kappa shape index (κ2) is 16.3. The second-order valence-corrected chi connectivity index (χ2v) is 10.1. The maximum Gasteiger partial charge on any atom is 0.119 e. The summed E-state index contributed by atoms with van der Waals surface area (Å²) in [7, 11) is 0. The lowest BCUT2D eigenvalue weighted by atomic mass is 9.97. The zero-order chi connectivity index (χ0) is 25.5. The Bertz CT molecular complexity index is 723. The second-order valence-electron chi connectivity index (χ2n) is 10.1. The van der Waals surface area contributed by atoms with Gasteiger partial charge < -0.3 is 20.1 Å². The van der Waals surface area contributed by atoms with E-state index in [1.807, 2.05) is 0 Å². The van der Waals surface area contributed by atoms with Crippen molar-refractivity contribution < 1.29 is 9.47 Å². The standard InChI is InChI=1S/C31H50N2O2/c1-7-24(5)22-26(9-3)32-28-12-16-30(17-13-28)34-20-11-21-35-31-18-14-29(15-19-31)33-27(10-4)23-25(6)8-2/h12-19,24-27,32-33H,7-11,20-23H2,1-6H3. The van der Waals surface area contributed by atoms with Gasteiger partial charge in [-0.3, -0.25) is 0 Å². The Morgan fingerprint density at radius 2 is 0.943 bits per heavy atom. The molecule has 35 heavy (non-hydrogen) atoms. The lowest BCUT2D eigenvalue weighted by molar-refractivity contribution is 0.247. The predicted molar refractivity (Wildman–Crippen MR) is 152 cm³/mol. The first-order valence-corrected chi connectivity index (χ1v) is 14.0. The molecule has 196 valence electrons. The highest BCUT2D eigenvalue weighted by Crippen LogP contribution is 2.22. The van der Waals surface area contributed by atoms with Gasteiger partial charge in [0.05, 0.1) is 13.2 Å². The van der Waals surface area contributed by atoms with Crippen LogP contribution in [0.25, 0.3) is 0 Å². The molecule has 0 saturated carbocycles. The molecule has 0 heterocycles. The molecule has 4 nitrogen and oxygen atoms in total. The molecule has 0 aliphatic heterocycles. The Balaban J connectivity index is 1.67. The fourth-order valence-electron chi connectivity index (χ4n) is 4.17. The zero-order valence-corrected chi connectivity index (χ0v) is 23.1. The number of hydrogen-bond donors (Lipinski definition) is 2. The van der Waals surface area contributed by atoms with Gasteiger partial charge in [-0.25, -0.2) is 0 Å². The highest BCUT2D eigenvalue weighted by atomic mass is 16.5. The van der Waals surface area contributed by atoms with Crippen molar-refractivity contribution in [2.24, 2.45) is 11.8 Å². The summed E-state index contributed by atoms with van der Waals surface area (Å²) in [6, 6.07) is 17.7. The SMILES string of the molecule is CCC(C)CC(CC)Nc1ccc(OCCCOc2ccc(NC(CC)CC(C)CC)cc2)cc1. The normalized spacial score (nSPS) is 14.6. The van der Waals surface area contributed by atoms with Gasteiger partial charge in [0.1, 0.15) is 11.5 Å². The summed E-state index contributed by atoms with van der Waals surface area (Å²) in [6.45, 7) is 15.0. The first-order valence-electron chi connectivity index (χ1n) is 14.0. The molecule has 0 aliphatic rings. The molecule has 0 amide bonds. The summed E-state index contributed by atoms with van der Waals surface area (Å²) in [5.41, 5.74) is 2.33. The molecule has 0 aromatic heterocycles. The van der Waals surface area contributed by atoms with E-state index in [0.717, 1.165) is 42.6 Å². The Labute approximate surface area is 215 Å². The first kappa shape index (κ1) is 28.9. The number of ether oxygens (including phenoxy) is 2. The lowest BCUT2D eigenvalue weighted by Crippen LogP contribution is -2.21. The predicted octanol–water partition coefficient (Wildman–Crippen LogP) is 8.79. The molecular weight excluding hydrogens is 432 g/mol. The molecule has 4 unspecified atom stereocenters. The third-order valence-corrected chi connectivity index (χ3v) is 7.03. The first-order chi connectivity index (χ1) is 17.0. The minimum atomic E-state index is 0.525. The van der Waals surface area contributed by atoms with Crippen molar-refractivity contribution in [2.45, 2.75) is 98.6 Å². The Kier molecular flexibility index (Phi) is 13.5. The maximum atomic E-state index is 5.91. The van der Waals surface area contributed by atoms with E-state index in [9.17, 15) is 0 Å². The van der Waals surface area contributed by atoms with Crippen molar-refractivity contribution >= 4 is 11.4 Å². The van der Waals surface area contributed by atoms with Gasteiger partial charge in [0.15, 0.2) is 0 Å². The largest absolute Gasteiger partial charge is 0.493 e. The van der Waals surface area contributed by atoms with Gasteiger partial charge in [-0.05, 0) is 86.1 Å². The van der Waals surface area contributed by atoms with Gasteiger partial charge in [-0.1, -0.05) is 54.4 Å². The van der Waals surface area contributed by atoms with Crippen molar-refractivity contribution in [3.63, 3.8) is 0 Å². The van der Waals surface area contributed by atoms with Crippen LogP contribution in [0.15, 0.2) is 48.5 Å². The zero-order valence-electron chi connectivity index (χ0n) is 23.1. The van der Waals surface area contributed by atoms with Crippen molar-refractivity contribution in [3.8, 4) is 11.5 Å². The van der Waals surface area contributed by atoms with Crippen molar-refractivity contribution in [1.82, 2.24) is 0 Å². The van der Waals surface area contributed by atoms with E-state index < -0.39 is 0 Å². The van der Waals surface area contributed by atoms with Crippen LogP contribution < -0.4 is 20.1 Å². The monoisotopic (exact) mass is 482 g/mol. The lowest BCUT2D eigenvalue weighted by Gasteiger charge is -2.21. The molecule has 0 bridgehead atoms. The van der Waals surface area contributed by atoms with Gasteiger partial charge in [-0.15, -0.1) is 0 Å². The van der Waals surface area contributed by atoms with E-state index in [-0.39, 0.29) is 0 Å². The molecule has 0 spiro atoms. The van der Waals surface area contributed by atoms with Crippen molar-refractivity contribution in [3.05, 3.63) is 48.5 Å². The number of rotatable bonds is 18. The Morgan fingerprint density at radius 1 is 0.571 bits per heavy atom. The summed E-state index contributed by atoms with van der Waals surface area (Å²) in [5.74, 6) is 3.31. The summed E-state index contributed by atoms with van der Waals surface area (Å²) >= 11 is 0. The quantitative estimate of drug-likeness (QED) is 0.208. The summed E-state index contributed by atoms with van der Waals surface area (Å²) in [4.78, 5) is 0. The van der Waals surface area contributed by atoms with Crippen LogP contribution in [0.1, 0.15) is 86.5 Å². The molecule has 2 aromatic carbocycles. The third kappa shape index (κ3) is 11.3. The Morgan fingerprint density at radius 3 is 1.26 bits per heavy atom. The molecule has 0 aliphatic carbocycles. The fraction of sp³-hybridized carbons (Fsp3) is 0.613. The average molecular weight is 483 g/mol. The van der Waals surface area contributed by atoms with Gasteiger partial charge in [-0.2, -0.15) is 0 Å². The summed E-state index contributed by atoms with van der Waals surface area (Å²) in [5, 5.41) is 7.33. The van der Waals surface area contributed by atoms with Gasteiger partial charge in [0.25, 0.3) is 0 Å². The van der Waals surface area contributed by atoms with E-state index >= 15 is 0 Å². The summed E-state index contributed by atoms with van der Waals surface area (Å²) in [6.07, 6.45) is 8.01. The van der Waals surface area contributed by atoms with Crippen LogP contribution in [-0.4, -0.2) is 25.3 Å². The topological polar surface area (TPSA) is 42.5 Å². The minimum absolute atomic E-state index is 0.525. The molecule has 2 N–H and O–H groups in total. The van der Waals surface area contributed by atoms with E-state index in [1.54, 1.807) is 0 Å². The van der Waals surface area contributed by atoms with Crippen LogP contribution >= 0.6 is 0 Å². The minimum Gasteiger partial charge on any atom is -0.493 e. The maximum absolute atomic E-state index is 5.91. The van der Waals surface area contributed by atoms with Crippen LogP contribution in [-0.2, 0) is 0 Å². The third-order valence-electron chi connectivity index (χ3n) is 7.03. The highest BCUT2D eigenvalue weighted by Gasteiger charge is 2.11. The molecule has 2 aromatic rings. The molecule has 4 atom stereocenters. The Hall–Kier alpha value is -2.36.